The number of hydrogen-bond acceptors (Lipinski definition) is 6. The van der Waals surface area contributed by atoms with Crippen LogP contribution >= 0.6 is 11.6 Å². The molecule has 0 radical (unpaired) electrons. The molecule has 0 aliphatic carbocycles. The fraction of sp³-hybridized carbons (Fsp3) is 0.267. The Morgan fingerprint density at radius 1 is 1.29 bits per heavy atom. The normalized spacial score (nSPS) is 10.2. The van der Waals surface area contributed by atoms with Gasteiger partial charge in [-0.05, 0) is 25.1 Å². The summed E-state index contributed by atoms with van der Waals surface area (Å²) in [5.41, 5.74) is 0.964. The summed E-state index contributed by atoms with van der Waals surface area (Å²) in [6.45, 7) is 0.921. The lowest BCUT2D eigenvalue weighted by molar-refractivity contribution is -0.148. The van der Waals surface area contributed by atoms with Gasteiger partial charge in [-0.1, -0.05) is 11.6 Å². The third-order valence-corrected chi connectivity index (χ3v) is 3.18. The van der Waals surface area contributed by atoms with Crippen LogP contribution in [-0.2, 0) is 19.1 Å². The first-order valence-electron chi connectivity index (χ1n) is 7.05. The number of carbonyl (C=O) groups excluding carboxylic acids is 3. The van der Waals surface area contributed by atoms with E-state index in [0.29, 0.717) is 16.4 Å². The maximum Gasteiger partial charge on any atom is 0.306 e. The second kappa shape index (κ2) is 8.21. The van der Waals surface area contributed by atoms with Crippen LogP contribution in [0, 0.1) is 0 Å². The van der Waals surface area contributed by atoms with E-state index in [1.54, 1.807) is 18.2 Å². The number of ether oxygens (including phenoxy) is 1. The first-order chi connectivity index (χ1) is 11.5. The van der Waals surface area contributed by atoms with E-state index in [2.05, 4.69) is 15.4 Å². The topological polar surface area (TPSA) is 103 Å². The first-order valence-corrected chi connectivity index (χ1v) is 7.43. The van der Waals surface area contributed by atoms with Gasteiger partial charge in [0.2, 0.25) is 0 Å². The molecular weight excluding hydrogens is 336 g/mol. The second-order valence-corrected chi connectivity index (χ2v) is 5.35. The summed E-state index contributed by atoms with van der Waals surface area (Å²) >= 11 is 5.95. The highest BCUT2D eigenvalue weighted by Gasteiger charge is 2.12. The van der Waals surface area contributed by atoms with E-state index in [1.165, 1.54) is 24.3 Å². The van der Waals surface area contributed by atoms with Gasteiger partial charge in [0, 0.05) is 11.4 Å². The summed E-state index contributed by atoms with van der Waals surface area (Å²) in [5.74, 6) is -1.26. The van der Waals surface area contributed by atoms with Crippen LogP contribution < -0.4 is 5.32 Å². The second-order valence-electron chi connectivity index (χ2n) is 4.91. The Morgan fingerprint density at radius 2 is 2.08 bits per heavy atom. The number of halogens is 1. The molecule has 1 aromatic carbocycles. The molecule has 0 saturated carbocycles. The molecule has 2 aromatic rings. The van der Waals surface area contributed by atoms with Gasteiger partial charge < -0.3 is 14.8 Å². The Kier molecular flexibility index (Phi) is 6.02. The summed E-state index contributed by atoms with van der Waals surface area (Å²) in [6, 6.07) is 4.87. The van der Waals surface area contributed by atoms with Crippen molar-refractivity contribution in [1.82, 2.24) is 14.8 Å². The van der Waals surface area contributed by atoms with Crippen molar-refractivity contribution in [2.45, 2.75) is 19.8 Å². The first kappa shape index (κ1) is 17.6. The van der Waals surface area contributed by atoms with Gasteiger partial charge in [-0.25, -0.2) is 9.67 Å². The number of aromatic nitrogens is 3. The zero-order valence-electron chi connectivity index (χ0n) is 12.9. The van der Waals surface area contributed by atoms with E-state index in [9.17, 15) is 14.4 Å². The van der Waals surface area contributed by atoms with Crippen LogP contribution in [-0.4, -0.2) is 39.0 Å². The van der Waals surface area contributed by atoms with Crippen molar-refractivity contribution < 1.29 is 19.1 Å². The minimum Gasteiger partial charge on any atom is -0.456 e. The average Bonchev–Trinajstić information content (AvgIpc) is 3.05. The molecule has 0 atom stereocenters. The highest BCUT2D eigenvalue weighted by Crippen LogP contribution is 2.23. The standard InChI is InChI=1S/C15H15ClN4O4/c1-10(21)2-5-15(23)24-7-14(22)19-12-6-11(16)3-4-13(12)20-9-17-8-18-20/h3-4,6,8-9H,2,5,7H2,1H3,(H,19,22). The van der Waals surface area contributed by atoms with Gasteiger partial charge in [0.1, 0.15) is 18.4 Å². The maximum absolute atomic E-state index is 11.9. The van der Waals surface area contributed by atoms with Crippen LogP contribution in [0.5, 0.6) is 0 Å². The van der Waals surface area contributed by atoms with Crippen LogP contribution in [0.3, 0.4) is 0 Å². The fourth-order valence-corrected chi connectivity index (χ4v) is 2.00. The lowest BCUT2D eigenvalue weighted by Crippen LogP contribution is -2.22. The molecule has 0 aliphatic heterocycles. The van der Waals surface area contributed by atoms with E-state index in [4.69, 9.17) is 16.3 Å². The van der Waals surface area contributed by atoms with Crippen molar-refractivity contribution in [3.8, 4) is 5.69 Å². The molecule has 126 valence electrons. The largest absolute Gasteiger partial charge is 0.456 e. The lowest BCUT2D eigenvalue weighted by atomic mass is 10.2. The minimum atomic E-state index is -0.608. The zero-order valence-corrected chi connectivity index (χ0v) is 13.6. The Morgan fingerprint density at radius 3 is 2.75 bits per heavy atom. The summed E-state index contributed by atoms with van der Waals surface area (Å²) in [5, 5.41) is 7.02. The Labute approximate surface area is 142 Å². The van der Waals surface area contributed by atoms with Gasteiger partial charge in [0.25, 0.3) is 5.91 Å². The SMILES string of the molecule is CC(=O)CCC(=O)OCC(=O)Nc1cc(Cl)ccc1-n1cncn1. The Bertz CT molecular complexity index is 746. The number of ketones is 1. The number of rotatable bonds is 7. The molecule has 8 nitrogen and oxygen atoms in total. The zero-order chi connectivity index (χ0) is 17.5. The summed E-state index contributed by atoms with van der Waals surface area (Å²) in [4.78, 5) is 38.0. The lowest BCUT2D eigenvalue weighted by Gasteiger charge is -2.11. The molecule has 9 heteroatoms. The summed E-state index contributed by atoms with van der Waals surface area (Å²) < 4.78 is 6.28. The van der Waals surface area contributed by atoms with Crippen LogP contribution in [0.2, 0.25) is 5.02 Å². The van der Waals surface area contributed by atoms with E-state index in [1.807, 2.05) is 0 Å². The molecule has 2 rings (SSSR count). The van der Waals surface area contributed by atoms with Crippen LogP contribution in [0.15, 0.2) is 30.9 Å². The number of amides is 1. The molecular formula is C15H15ClN4O4. The maximum atomic E-state index is 11.9. The van der Waals surface area contributed by atoms with Gasteiger partial charge in [0.15, 0.2) is 6.61 Å². The number of hydrogen-bond donors (Lipinski definition) is 1. The number of anilines is 1. The van der Waals surface area contributed by atoms with Gasteiger partial charge in [-0.2, -0.15) is 5.10 Å². The van der Waals surface area contributed by atoms with Crippen molar-refractivity contribution in [2.24, 2.45) is 0 Å². The third-order valence-electron chi connectivity index (χ3n) is 2.94. The van der Waals surface area contributed by atoms with Crippen LogP contribution in [0.4, 0.5) is 5.69 Å². The number of nitrogens with zero attached hydrogens (tertiary/aromatic N) is 3. The molecule has 1 heterocycles. The monoisotopic (exact) mass is 350 g/mol. The molecule has 1 N–H and O–H groups in total. The smallest absolute Gasteiger partial charge is 0.306 e. The van der Waals surface area contributed by atoms with Crippen molar-refractivity contribution in [1.29, 1.82) is 0 Å². The number of carbonyl (C=O) groups is 3. The molecule has 0 fully saturated rings. The Hall–Kier alpha value is -2.74. The predicted molar refractivity (Wildman–Crippen MR) is 85.9 cm³/mol. The van der Waals surface area contributed by atoms with Crippen LogP contribution in [0.25, 0.3) is 5.69 Å². The quantitative estimate of drug-likeness (QED) is 0.763. The number of benzene rings is 1. The molecule has 0 saturated heterocycles. The fourth-order valence-electron chi connectivity index (χ4n) is 1.82. The minimum absolute atomic E-state index is 0.0516. The molecule has 0 aliphatic rings. The highest BCUT2D eigenvalue weighted by atomic mass is 35.5. The molecule has 0 unspecified atom stereocenters. The van der Waals surface area contributed by atoms with E-state index >= 15 is 0 Å². The molecule has 1 amide bonds. The summed E-state index contributed by atoms with van der Waals surface area (Å²) in [7, 11) is 0. The molecule has 0 spiro atoms. The van der Waals surface area contributed by atoms with Crippen molar-refractivity contribution in [3.05, 3.63) is 35.9 Å². The average molecular weight is 351 g/mol. The Balaban J connectivity index is 1.98. The van der Waals surface area contributed by atoms with Gasteiger partial charge >= 0.3 is 5.97 Å². The van der Waals surface area contributed by atoms with Gasteiger partial charge in [-0.3, -0.25) is 9.59 Å². The highest BCUT2D eigenvalue weighted by molar-refractivity contribution is 6.31. The van der Waals surface area contributed by atoms with Crippen molar-refractivity contribution in [2.75, 3.05) is 11.9 Å². The molecule has 0 bridgehead atoms. The van der Waals surface area contributed by atoms with E-state index in [0.717, 1.165) is 0 Å². The van der Waals surface area contributed by atoms with Crippen molar-refractivity contribution in [3.63, 3.8) is 0 Å². The van der Waals surface area contributed by atoms with E-state index < -0.39 is 18.5 Å². The van der Waals surface area contributed by atoms with Gasteiger partial charge in [0.05, 0.1) is 17.8 Å². The third kappa shape index (κ3) is 5.17. The number of Topliss-reactive ketones (excluding diaryl/α,β-unsaturated/α-hetero) is 1. The molecule has 24 heavy (non-hydrogen) atoms. The molecule has 1 aromatic heterocycles. The number of nitrogens with one attached hydrogen (secondary N) is 1. The van der Waals surface area contributed by atoms with Crippen molar-refractivity contribution >= 4 is 34.9 Å². The predicted octanol–water partition coefficient (Wildman–Crippen LogP) is 1.77. The van der Waals surface area contributed by atoms with Gasteiger partial charge in [-0.15, -0.1) is 0 Å². The summed E-state index contributed by atoms with van der Waals surface area (Å²) in [6.07, 6.45) is 2.87. The van der Waals surface area contributed by atoms with E-state index in [-0.39, 0.29) is 18.6 Å². The van der Waals surface area contributed by atoms with Crippen LogP contribution in [0.1, 0.15) is 19.8 Å². The number of esters is 1.